The number of unbranched alkanes of at least 4 members (excludes halogenated alkanes) is 3. The lowest BCUT2D eigenvalue weighted by atomic mass is 9.58. The summed E-state index contributed by atoms with van der Waals surface area (Å²) >= 11 is 0. The Morgan fingerprint density at radius 3 is 2.65 bits per heavy atom. The molecule has 0 saturated carbocycles. The van der Waals surface area contributed by atoms with Gasteiger partial charge in [-0.3, -0.25) is 0 Å². The van der Waals surface area contributed by atoms with Crippen LogP contribution in [0.3, 0.4) is 0 Å². The lowest BCUT2D eigenvalue weighted by Gasteiger charge is -2.47. The first-order valence-electron chi connectivity index (χ1n) is 7.61. The summed E-state index contributed by atoms with van der Waals surface area (Å²) in [6.07, 6.45) is 5.15. The lowest BCUT2D eigenvalue weighted by molar-refractivity contribution is 0.430. The van der Waals surface area contributed by atoms with Crippen molar-refractivity contribution in [1.29, 1.82) is 0 Å². The molecule has 2 rings (SSSR count). The quantitative estimate of drug-likeness (QED) is 0.619. The Morgan fingerprint density at radius 1 is 1.20 bits per heavy atom. The summed E-state index contributed by atoms with van der Waals surface area (Å²) in [6, 6.07) is 0. The maximum atomic E-state index is 4.12. The molecule has 0 amide bonds. The van der Waals surface area contributed by atoms with Crippen LogP contribution in [0, 0.1) is 0 Å². The first-order chi connectivity index (χ1) is 9.65. The Morgan fingerprint density at radius 2 is 2.00 bits per heavy atom. The molecule has 0 unspecified atom stereocenters. The number of aromatic nitrogens is 4. The summed E-state index contributed by atoms with van der Waals surface area (Å²) in [7, 11) is 2.14. The third-order valence-electron chi connectivity index (χ3n) is 4.29. The van der Waals surface area contributed by atoms with Crippen LogP contribution in [0.1, 0.15) is 32.6 Å². The van der Waals surface area contributed by atoms with Gasteiger partial charge in [0.25, 0.3) is 12.9 Å². The highest BCUT2D eigenvalue weighted by molar-refractivity contribution is 6.73. The molecule has 0 radical (unpaired) electrons. The number of hydrogen-bond acceptors (Lipinski definition) is 6. The highest BCUT2D eigenvalue weighted by atomic mass is 15.5. The molecule has 2 heterocycles. The van der Waals surface area contributed by atoms with Gasteiger partial charge in [-0.15, -0.1) is 5.10 Å². The van der Waals surface area contributed by atoms with E-state index in [1.165, 1.54) is 25.7 Å². The van der Waals surface area contributed by atoms with Crippen molar-refractivity contribution in [2.75, 3.05) is 25.1 Å². The van der Waals surface area contributed by atoms with Crippen LogP contribution in [0.2, 0.25) is 13.6 Å². The van der Waals surface area contributed by atoms with E-state index in [4.69, 9.17) is 0 Å². The number of nitrogens with zero attached hydrogens (tertiary/aromatic N) is 6. The van der Waals surface area contributed by atoms with Crippen LogP contribution in [0.5, 0.6) is 0 Å². The zero-order chi connectivity index (χ0) is 14.5. The van der Waals surface area contributed by atoms with Gasteiger partial charge >= 0.3 is 6.98 Å². The van der Waals surface area contributed by atoms with E-state index in [2.05, 4.69) is 62.6 Å². The maximum Gasteiger partial charge on any atom is 0.333 e. The molecule has 1 aromatic rings. The average molecular weight is 277 g/mol. The van der Waals surface area contributed by atoms with E-state index < -0.39 is 0 Å². The number of aromatic amines is 1. The molecule has 1 aromatic heterocycles. The molecule has 0 spiro atoms. The second-order valence-corrected chi connectivity index (χ2v) is 5.64. The van der Waals surface area contributed by atoms with Crippen molar-refractivity contribution in [2.24, 2.45) is 0 Å². The molecule has 1 N–H and O–H groups in total. The average Bonchev–Trinajstić information content (AvgIpc) is 2.96. The van der Waals surface area contributed by atoms with Crippen molar-refractivity contribution >= 4 is 19.9 Å². The van der Waals surface area contributed by atoms with Crippen molar-refractivity contribution < 1.29 is 0 Å². The first-order valence-corrected chi connectivity index (χ1v) is 7.61. The second kappa shape index (κ2) is 7.08. The summed E-state index contributed by atoms with van der Waals surface area (Å²) in [4.78, 5) is 4.50. The predicted octanol–water partition coefficient (Wildman–Crippen LogP) is 1.03. The van der Waals surface area contributed by atoms with E-state index >= 15 is 0 Å². The summed E-state index contributed by atoms with van der Waals surface area (Å²) in [6.45, 7) is 9.41. The zero-order valence-electron chi connectivity index (χ0n) is 13.1. The Labute approximate surface area is 122 Å². The zero-order valence-corrected chi connectivity index (χ0v) is 13.1. The standard InChI is InChI=1S/C11H25B2N7/c1-5-6-7-8-9-20-12(2)18(4)10-19(13(20)3)11-14-16-17-15-11/h5-10H2,1-4H3,(H,14,15,16,17). The molecule has 7 nitrogen and oxygen atoms in total. The molecule has 1 fully saturated rings. The van der Waals surface area contributed by atoms with Gasteiger partial charge in [-0.25, -0.2) is 0 Å². The Hall–Kier alpha value is -1.08. The first kappa shape index (κ1) is 15.3. The van der Waals surface area contributed by atoms with Gasteiger partial charge < -0.3 is 14.3 Å². The fourth-order valence-electron chi connectivity index (χ4n) is 2.82. The minimum Gasteiger partial charge on any atom is -0.356 e. The van der Waals surface area contributed by atoms with Crippen LogP contribution in [0.25, 0.3) is 0 Å². The molecule has 1 saturated heterocycles. The SMILES string of the molecule is CCCCCCN1B(C)N(C)CN(c2nn[nH]n2)B1C. The third-order valence-corrected chi connectivity index (χ3v) is 4.29. The highest BCUT2D eigenvalue weighted by Crippen LogP contribution is 2.19. The van der Waals surface area contributed by atoms with E-state index in [9.17, 15) is 0 Å². The molecular weight excluding hydrogens is 252 g/mol. The summed E-state index contributed by atoms with van der Waals surface area (Å²) in [5.41, 5.74) is 0. The van der Waals surface area contributed by atoms with Gasteiger partial charge in [-0.05, 0) is 25.2 Å². The highest BCUT2D eigenvalue weighted by Gasteiger charge is 2.40. The molecule has 1 aliphatic heterocycles. The van der Waals surface area contributed by atoms with E-state index in [1.54, 1.807) is 0 Å². The van der Waals surface area contributed by atoms with Crippen molar-refractivity contribution in [3.05, 3.63) is 0 Å². The van der Waals surface area contributed by atoms with Crippen LogP contribution in [-0.4, -0.2) is 64.4 Å². The minimum absolute atomic E-state index is 0.292. The molecule has 0 atom stereocenters. The van der Waals surface area contributed by atoms with Crippen molar-refractivity contribution in [3.8, 4) is 0 Å². The van der Waals surface area contributed by atoms with Crippen LogP contribution in [-0.2, 0) is 0 Å². The molecule has 0 aliphatic carbocycles. The number of tetrazole rings is 1. The summed E-state index contributed by atoms with van der Waals surface area (Å²) in [5, 5.41) is 14.5. The predicted molar refractivity (Wildman–Crippen MR) is 83.4 cm³/mol. The molecule has 0 bridgehead atoms. The largest absolute Gasteiger partial charge is 0.356 e. The minimum atomic E-state index is 0.292. The topological polar surface area (TPSA) is 64.2 Å². The van der Waals surface area contributed by atoms with Gasteiger partial charge in [0.2, 0.25) is 0 Å². The van der Waals surface area contributed by atoms with Gasteiger partial charge in [0.15, 0.2) is 0 Å². The monoisotopic (exact) mass is 277 g/mol. The number of nitrogens with one attached hydrogen (secondary N) is 1. The van der Waals surface area contributed by atoms with Gasteiger partial charge in [-0.2, -0.15) is 5.21 Å². The molecule has 9 heteroatoms. The normalized spacial score (nSPS) is 18.1. The van der Waals surface area contributed by atoms with Gasteiger partial charge in [-0.1, -0.05) is 44.9 Å². The smallest absolute Gasteiger partial charge is 0.333 e. The second-order valence-electron chi connectivity index (χ2n) is 5.64. The van der Waals surface area contributed by atoms with E-state index in [-0.39, 0.29) is 0 Å². The molecule has 0 aromatic carbocycles. The van der Waals surface area contributed by atoms with Gasteiger partial charge in [0.05, 0.1) is 6.67 Å². The number of anilines is 1. The Balaban J connectivity index is 2.00. The number of rotatable bonds is 6. The van der Waals surface area contributed by atoms with Gasteiger partial charge in [0.1, 0.15) is 0 Å². The lowest BCUT2D eigenvalue weighted by Crippen LogP contribution is -2.69. The third kappa shape index (κ3) is 3.32. The van der Waals surface area contributed by atoms with Crippen LogP contribution >= 0.6 is 0 Å². The van der Waals surface area contributed by atoms with E-state index in [1.807, 2.05) is 0 Å². The van der Waals surface area contributed by atoms with E-state index in [0.29, 0.717) is 19.9 Å². The van der Waals surface area contributed by atoms with Crippen LogP contribution in [0.4, 0.5) is 5.95 Å². The fraction of sp³-hybridized carbons (Fsp3) is 0.909. The van der Waals surface area contributed by atoms with Gasteiger partial charge in [0, 0.05) is 0 Å². The number of hydrogen-bond donors (Lipinski definition) is 1. The van der Waals surface area contributed by atoms with Crippen LogP contribution < -0.4 is 4.81 Å². The molecule has 110 valence electrons. The molecular formula is C11H25B2N7. The van der Waals surface area contributed by atoms with Crippen molar-refractivity contribution in [2.45, 2.75) is 46.3 Å². The molecule has 1 aliphatic rings. The Bertz CT molecular complexity index is 388. The number of H-pyrrole nitrogens is 1. The van der Waals surface area contributed by atoms with Crippen molar-refractivity contribution in [1.82, 2.24) is 30.2 Å². The van der Waals surface area contributed by atoms with Crippen LogP contribution in [0.15, 0.2) is 0 Å². The summed E-state index contributed by atoms with van der Waals surface area (Å²) in [5.74, 6) is 0.676. The Kier molecular flexibility index (Phi) is 5.42. The summed E-state index contributed by atoms with van der Waals surface area (Å²) < 4.78 is 2.51. The van der Waals surface area contributed by atoms with Crippen molar-refractivity contribution in [3.63, 3.8) is 0 Å². The maximum absolute atomic E-state index is 4.12. The molecule has 20 heavy (non-hydrogen) atoms. The van der Waals surface area contributed by atoms with E-state index in [0.717, 1.165) is 13.2 Å². The fourth-order valence-corrected chi connectivity index (χ4v) is 2.82.